The van der Waals surface area contributed by atoms with Crippen LogP contribution >= 0.6 is 0 Å². The molecule has 4 N–H and O–H groups in total. The third-order valence-corrected chi connectivity index (χ3v) is 8.26. The number of hydrogen-bond acceptors (Lipinski definition) is 14. The zero-order valence-electron chi connectivity index (χ0n) is 31.5. The van der Waals surface area contributed by atoms with Crippen LogP contribution in [-0.2, 0) is 47.6 Å². The number of carbonyl (C=O) groups is 4. The molecule has 292 valence electrons. The Bertz CT molecular complexity index is 984. The minimum Gasteiger partial charge on any atom is -0.463 e. The van der Waals surface area contributed by atoms with Crippen LogP contribution in [0.5, 0.6) is 0 Å². The summed E-state index contributed by atoms with van der Waals surface area (Å²) in [6.45, 7) is 6.47. The summed E-state index contributed by atoms with van der Waals surface area (Å²) in [6, 6.07) is 0. The molecule has 1 heterocycles. The van der Waals surface area contributed by atoms with E-state index in [1.165, 1.54) is 0 Å². The highest BCUT2D eigenvalue weighted by Crippen LogP contribution is 2.32. The third-order valence-electron chi connectivity index (χ3n) is 8.26. The summed E-state index contributed by atoms with van der Waals surface area (Å²) in [5.74, 6) is -3.00. The van der Waals surface area contributed by atoms with E-state index in [2.05, 4.69) is 0 Å². The molecule has 0 aliphatic carbocycles. The van der Waals surface area contributed by atoms with Crippen molar-refractivity contribution in [3.05, 3.63) is 0 Å². The number of hydrogen-bond donors (Lipinski definition) is 4. The summed E-state index contributed by atoms with van der Waals surface area (Å²) < 4.78 is 42.9. The van der Waals surface area contributed by atoms with E-state index in [9.17, 15) is 39.6 Å². The average molecular weight is 722 g/mol. The fraction of sp³-hybridized carbons (Fsp3) is 0.889. The number of rotatable bonds is 28. The molecule has 0 amide bonds. The third kappa shape index (κ3) is 18.2. The molecule has 14 nitrogen and oxygen atoms in total. The van der Waals surface area contributed by atoms with Gasteiger partial charge in [-0.25, -0.2) is 0 Å². The summed E-state index contributed by atoms with van der Waals surface area (Å²) in [5, 5.41) is 40.3. The van der Waals surface area contributed by atoms with Crippen molar-refractivity contribution < 1.29 is 69.4 Å². The van der Waals surface area contributed by atoms with Crippen molar-refractivity contribution in [2.45, 2.75) is 192 Å². The second-order valence-corrected chi connectivity index (χ2v) is 12.7. The van der Waals surface area contributed by atoms with Crippen molar-refractivity contribution >= 4 is 23.9 Å². The molecule has 0 aromatic carbocycles. The fourth-order valence-electron chi connectivity index (χ4n) is 5.24. The second kappa shape index (κ2) is 27.3. The smallest absolute Gasteiger partial charge is 0.306 e. The van der Waals surface area contributed by atoms with Gasteiger partial charge in [0.1, 0.15) is 24.9 Å². The minimum atomic E-state index is -2.23. The molecule has 1 aliphatic heterocycles. The predicted molar refractivity (Wildman–Crippen MR) is 181 cm³/mol. The molecule has 9 atom stereocenters. The van der Waals surface area contributed by atoms with Gasteiger partial charge in [0.15, 0.2) is 24.6 Å². The van der Waals surface area contributed by atoms with Crippen molar-refractivity contribution in [3.63, 3.8) is 0 Å². The van der Waals surface area contributed by atoms with Gasteiger partial charge in [-0.15, -0.1) is 0 Å². The molecule has 0 spiro atoms. The Morgan fingerprint density at radius 1 is 0.640 bits per heavy atom. The lowest BCUT2D eigenvalue weighted by Crippen LogP contribution is -2.64. The Morgan fingerprint density at radius 2 is 1.12 bits per heavy atom. The van der Waals surface area contributed by atoms with Gasteiger partial charge >= 0.3 is 23.9 Å². The van der Waals surface area contributed by atoms with E-state index in [-0.39, 0.29) is 25.7 Å². The number of unbranched alkanes of at least 4 members (excludes halogenated alkanes) is 9. The molecule has 0 aromatic rings. The fourth-order valence-corrected chi connectivity index (χ4v) is 5.24. The van der Waals surface area contributed by atoms with Gasteiger partial charge in [0.05, 0.1) is 6.61 Å². The van der Waals surface area contributed by atoms with Crippen LogP contribution in [0.2, 0.25) is 0 Å². The standard InChI is InChI=1S/C36H64O14/c1-5-9-13-14-18-22-30(42)49-34-33(48-29(41)21-17-12-8-4)32(47-28(40)20-16-11-7-3)26(24-45-27(39)19-15-10-6-2)46-36(34)50-35(44)31(43)25(38)23-37/h25-26,31-38,43-44H,5-24H2,1-4H3/t25-,26+,31+,32+,33-,34-,35?,36?/m0/s1/i22D/t22?,25-,26+,31+,32+,33-,34-,35?,36?. The molecule has 0 bridgehead atoms. The Balaban J connectivity index is 3.62. The van der Waals surface area contributed by atoms with E-state index >= 15 is 0 Å². The molecule has 1 saturated heterocycles. The summed E-state index contributed by atoms with van der Waals surface area (Å²) in [6.07, 6.45) is -5.81. The van der Waals surface area contributed by atoms with Gasteiger partial charge in [-0.3, -0.25) is 19.2 Å². The van der Waals surface area contributed by atoms with Gasteiger partial charge in [0.25, 0.3) is 0 Å². The maximum absolute atomic E-state index is 13.3. The second-order valence-electron chi connectivity index (χ2n) is 12.7. The topological polar surface area (TPSA) is 205 Å². The van der Waals surface area contributed by atoms with Crippen LogP contribution in [0.15, 0.2) is 0 Å². The van der Waals surface area contributed by atoms with E-state index in [1.54, 1.807) is 0 Å². The molecule has 50 heavy (non-hydrogen) atoms. The Labute approximate surface area is 298 Å². The van der Waals surface area contributed by atoms with Crippen molar-refractivity contribution in [2.75, 3.05) is 13.2 Å². The zero-order chi connectivity index (χ0) is 38.2. The van der Waals surface area contributed by atoms with Gasteiger partial charge < -0.3 is 48.8 Å². The zero-order valence-corrected chi connectivity index (χ0v) is 30.5. The van der Waals surface area contributed by atoms with Gasteiger partial charge in [-0.1, -0.05) is 91.9 Å². The number of esters is 4. The molecular weight excluding hydrogens is 656 g/mol. The Morgan fingerprint density at radius 3 is 1.66 bits per heavy atom. The van der Waals surface area contributed by atoms with E-state index < -0.39 is 92.7 Å². The highest BCUT2D eigenvalue weighted by Gasteiger charge is 2.54. The molecule has 0 saturated carbocycles. The molecule has 1 aliphatic rings. The Kier molecular flexibility index (Phi) is 23.9. The number of aliphatic hydroxyl groups excluding tert-OH is 4. The lowest BCUT2D eigenvalue weighted by molar-refractivity contribution is -0.348. The SMILES string of the molecule is [2H]C(CCCCCC)C(=O)O[C@@H]1C(OC(O)[C@H](O)[C@@H](O)CO)O[C@H](COC(=O)CCCCC)[C@@H](OC(=O)CCCCC)[C@@H]1OC(=O)CCCCC. The van der Waals surface area contributed by atoms with Crippen LogP contribution in [0, 0.1) is 0 Å². The van der Waals surface area contributed by atoms with Crippen LogP contribution in [0.25, 0.3) is 0 Å². The summed E-state index contributed by atoms with van der Waals surface area (Å²) in [7, 11) is 0. The molecule has 3 unspecified atom stereocenters. The molecule has 1 fully saturated rings. The highest BCUT2D eigenvalue weighted by molar-refractivity contribution is 5.72. The van der Waals surface area contributed by atoms with E-state index in [0.717, 1.165) is 57.8 Å². The quantitative estimate of drug-likeness (QED) is 0.0388. The summed E-state index contributed by atoms with van der Waals surface area (Å²) in [4.78, 5) is 52.3. The van der Waals surface area contributed by atoms with Crippen LogP contribution in [0.1, 0.15) is 145 Å². The van der Waals surface area contributed by atoms with Crippen LogP contribution in [-0.4, -0.2) is 107 Å². The van der Waals surface area contributed by atoms with Crippen LogP contribution in [0.3, 0.4) is 0 Å². The Hall–Kier alpha value is -2.36. The van der Waals surface area contributed by atoms with E-state index in [4.69, 9.17) is 29.8 Å². The monoisotopic (exact) mass is 721 g/mol. The van der Waals surface area contributed by atoms with E-state index in [1.807, 2.05) is 27.7 Å². The van der Waals surface area contributed by atoms with Crippen molar-refractivity contribution in [1.82, 2.24) is 0 Å². The molecule has 0 aromatic heterocycles. The maximum Gasteiger partial charge on any atom is 0.306 e. The van der Waals surface area contributed by atoms with Crippen LogP contribution in [0.4, 0.5) is 0 Å². The maximum atomic E-state index is 13.3. The van der Waals surface area contributed by atoms with Gasteiger partial charge in [0, 0.05) is 27.0 Å². The molecule has 0 radical (unpaired) electrons. The average Bonchev–Trinajstić information content (AvgIpc) is 3.11. The predicted octanol–water partition coefficient (Wildman–Crippen LogP) is 4.14. The first-order valence-electron chi connectivity index (χ1n) is 19.1. The van der Waals surface area contributed by atoms with Gasteiger partial charge in [-0.05, 0) is 25.7 Å². The van der Waals surface area contributed by atoms with Gasteiger partial charge in [-0.2, -0.15) is 0 Å². The lowest BCUT2D eigenvalue weighted by Gasteiger charge is -2.45. The molecule has 14 heteroatoms. The first kappa shape index (κ1) is 43.8. The first-order chi connectivity index (χ1) is 24.4. The summed E-state index contributed by atoms with van der Waals surface area (Å²) >= 11 is 0. The first-order valence-corrected chi connectivity index (χ1v) is 18.6. The number of carbonyl (C=O) groups excluding carboxylic acids is 4. The number of ether oxygens (including phenoxy) is 6. The van der Waals surface area contributed by atoms with Crippen molar-refractivity contribution in [2.24, 2.45) is 0 Å². The highest BCUT2D eigenvalue weighted by atomic mass is 16.8. The normalized spacial score (nSPS) is 23.2. The van der Waals surface area contributed by atoms with Crippen molar-refractivity contribution in [3.8, 4) is 0 Å². The van der Waals surface area contributed by atoms with E-state index in [0.29, 0.717) is 25.7 Å². The molecular formula is C36H64O14. The lowest BCUT2D eigenvalue weighted by atomic mass is 9.97. The molecule has 1 rings (SSSR count). The number of aliphatic hydroxyl groups is 4. The summed E-state index contributed by atoms with van der Waals surface area (Å²) in [5.41, 5.74) is 0. The largest absolute Gasteiger partial charge is 0.463 e. The minimum absolute atomic E-state index is 0.00588. The van der Waals surface area contributed by atoms with Crippen LogP contribution < -0.4 is 0 Å². The van der Waals surface area contributed by atoms with Gasteiger partial charge in [0.2, 0.25) is 6.29 Å². The van der Waals surface area contributed by atoms with Crippen molar-refractivity contribution in [1.29, 1.82) is 0 Å².